The molecule has 0 saturated heterocycles. The minimum absolute atomic E-state index is 0.0719. The van der Waals surface area contributed by atoms with Crippen LogP contribution in [0.3, 0.4) is 0 Å². The van der Waals surface area contributed by atoms with Gasteiger partial charge < -0.3 is 15.0 Å². The molecule has 0 unspecified atom stereocenters. The predicted octanol–water partition coefficient (Wildman–Crippen LogP) is 5.10. The number of rotatable bonds is 12. The van der Waals surface area contributed by atoms with Gasteiger partial charge in [0.2, 0.25) is 5.88 Å². The monoisotopic (exact) mass is 549 g/mol. The fourth-order valence-corrected chi connectivity index (χ4v) is 4.56. The molecule has 1 fully saturated rings. The number of hydrogen-bond donors (Lipinski definition) is 2. The minimum atomic E-state index is -4.21. The lowest BCUT2D eigenvalue weighted by molar-refractivity contribution is -0.190. The van der Waals surface area contributed by atoms with E-state index in [0.29, 0.717) is 41.1 Å². The molecule has 0 radical (unpaired) electrons. The number of carbonyl (C=O) groups excluding carboxylic acids is 1. The van der Waals surface area contributed by atoms with E-state index in [4.69, 9.17) is 4.74 Å². The Bertz CT molecular complexity index is 1260. The van der Waals surface area contributed by atoms with E-state index in [-0.39, 0.29) is 37.7 Å². The number of nitrogens with zero attached hydrogens (tertiary/aromatic N) is 5. The fourth-order valence-electron chi connectivity index (χ4n) is 3.96. The van der Waals surface area contributed by atoms with E-state index in [1.807, 2.05) is 30.9 Å². The maximum atomic E-state index is 13.1. The van der Waals surface area contributed by atoms with E-state index >= 15 is 0 Å². The van der Waals surface area contributed by atoms with Gasteiger partial charge in [0.1, 0.15) is 16.7 Å². The molecule has 1 aliphatic carbocycles. The van der Waals surface area contributed by atoms with E-state index in [0.717, 1.165) is 11.9 Å². The van der Waals surface area contributed by atoms with E-state index in [2.05, 4.69) is 25.1 Å². The summed E-state index contributed by atoms with van der Waals surface area (Å²) in [5.41, 5.74) is -1.23. The smallest absolute Gasteiger partial charge is 0.394 e. The molecule has 1 aliphatic rings. The first-order valence-corrected chi connectivity index (χ1v) is 13.1. The van der Waals surface area contributed by atoms with Crippen LogP contribution in [-0.4, -0.2) is 58.6 Å². The molecule has 38 heavy (non-hydrogen) atoms. The minimum Gasteiger partial charge on any atom is -0.477 e. The molecule has 13 heteroatoms. The molecule has 3 aromatic heterocycles. The summed E-state index contributed by atoms with van der Waals surface area (Å²) in [6.07, 6.45) is -2.39. The molecule has 0 atom stereocenters. The molecule has 0 aliphatic heterocycles. The van der Waals surface area contributed by atoms with Crippen molar-refractivity contribution in [1.29, 1.82) is 0 Å². The molecule has 3 heterocycles. The van der Waals surface area contributed by atoms with Crippen LogP contribution >= 0.6 is 11.9 Å². The number of amides is 1. The van der Waals surface area contributed by atoms with Gasteiger partial charge in [-0.05, 0) is 57.4 Å². The average Bonchev–Trinajstić information content (AvgIpc) is 3.58. The molecule has 4 rings (SSSR count). The lowest BCUT2D eigenvalue weighted by Gasteiger charge is -2.23. The standard InChI is InChI=1S/C25H30F3N7O2S/c1-4-34(5-2)22-17(23(36)33-38-21-8-6-7-18(29-3)30-21)9-10-19(31-22)35-15-11-20(32-35)37-16-14-24(12-13-24)25(26,27)28/h6-11,15H,4-5,12-14,16H2,1-3H3,(H,29,30)(H,33,36). The number of anilines is 2. The van der Waals surface area contributed by atoms with Gasteiger partial charge in [-0.2, -0.15) is 13.2 Å². The molecular formula is C25H30F3N7O2S. The normalized spacial score (nSPS) is 14.2. The van der Waals surface area contributed by atoms with Crippen molar-refractivity contribution in [2.24, 2.45) is 5.41 Å². The van der Waals surface area contributed by atoms with Gasteiger partial charge in [0.25, 0.3) is 5.91 Å². The molecule has 1 amide bonds. The van der Waals surface area contributed by atoms with Gasteiger partial charge in [-0.15, -0.1) is 5.10 Å². The van der Waals surface area contributed by atoms with Gasteiger partial charge >= 0.3 is 6.18 Å². The summed E-state index contributed by atoms with van der Waals surface area (Å²) in [7, 11) is 1.77. The lowest BCUT2D eigenvalue weighted by Crippen LogP contribution is -2.28. The number of hydrogen-bond acceptors (Lipinski definition) is 8. The maximum absolute atomic E-state index is 13.1. The Morgan fingerprint density at radius 2 is 1.92 bits per heavy atom. The molecule has 0 aromatic carbocycles. The van der Waals surface area contributed by atoms with Crippen molar-refractivity contribution < 1.29 is 22.7 Å². The SMILES string of the molecule is CCN(CC)c1nc(-n2ccc(OCCC3(C(F)(F)F)CC3)n2)ccc1C(=O)NSc1cccc(NC)n1. The van der Waals surface area contributed by atoms with Gasteiger partial charge in [0, 0.05) is 44.3 Å². The van der Waals surface area contributed by atoms with Crippen LogP contribution in [0.5, 0.6) is 5.88 Å². The third-order valence-electron chi connectivity index (χ3n) is 6.48. The molecule has 1 saturated carbocycles. The highest BCUT2D eigenvalue weighted by atomic mass is 32.2. The van der Waals surface area contributed by atoms with Crippen LogP contribution in [0.25, 0.3) is 5.82 Å². The second kappa shape index (κ2) is 11.5. The Morgan fingerprint density at radius 3 is 2.58 bits per heavy atom. The summed E-state index contributed by atoms with van der Waals surface area (Å²) in [5.74, 6) is 1.51. The number of halogens is 3. The number of carbonyl (C=O) groups is 1. The molecule has 3 aromatic rings. The van der Waals surface area contributed by atoms with Crippen molar-refractivity contribution in [3.8, 4) is 11.7 Å². The third kappa shape index (κ3) is 6.14. The zero-order valence-electron chi connectivity index (χ0n) is 21.4. The highest BCUT2D eigenvalue weighted by molar-refractivity contribution is 7.97. The molecule has 2 N–H and O–H groups in total. The van der Waals surface area contributed by atoms with E-state index in [1.165, 1.54) is 4.68 Å². The highest BCUT2D eigenvalue weighted by Gasteiger charge is 2.62. The summed E-state index contributed by atoms with van der Waals surface area (Å²) in [6.45, 7) is 5.11. The van der Waals surface area contributed by atoms with Crippen LogP contribution in [0.1, 0.15) is 43.5 Å². The van der Waals surface area contributed by atoms with Gasteiger partial charge in [0.05, 0.1) is 17.6 Å². The summed E-state index contributed by atoms with van der Waals surface area (Å²) in [5, 5.41) is 7.91. The number of alkyl halides is 3. The maximum Gasteiger partial charge on any atom is 0.394 e. The van der Waals surface area contributed by atoms with Crippen LogP contribution in [0.2, 0.25) is 0 Å². The average molecular weight is 550 g/mol. The fraction of sp³-hybridized carbons (Fsp3) is 0.440. The van der Waals surface area contributed by atoms with E-state index in [1.54, 1.807) is 37.5 Å². The summed E-state index contributed by atoms with van der Waals surface area (Å²) >= 11 is 1.11. The molecule has 9 nitrogen and oxygen atoms in total. The van der Waals surface area contributed by atoms with Crippen LogP contribution in [0, 0.1) is 5.41 Å². The largest absolute Gasteiger partial charge is 0.477 e. The van der Waals surface area contributed by atoms with E-state index in [9.17, 15) is 18.0 Å². The van der Waals surface area contributed by atoms with Crippen molar-refractivity contribution in [3.63, 3.8) is 0 Å². The quantitative estimate of drug-likeness (QED) is 0.301. The highest BCUT2D eigenvalue weighted by Crippen LogP contribution is 2.59. The Balaban J connectivity index is 1.47. The van der Waals surface area contributed by atoms with Crippen LogP contribution < -0.4 is 19.7 Å². The molecule has 0 spiro atoms. The number of aromatic nitrogens is 4. The van der Waals surface area contributed by atoms with Crippen molar-refractivity contribution in [2.45, 2.75) is 44.3 Å². The second-order valence-corrected chi connectivity index (χ2v) is 9.66. The van der Waals surface area contributed by atoms with Gasteiger partial charge in [-0.3, -0.25) is 9.52 Å². The number of pyridine rings is 2. The van der Waals surface area contributed by atoms with Crippen LogP contribution in [-0.2, 0) is 0 Å². The Labute approximate surface area is 223 Å². The zero-order chi connectivity index (χ0) is 27.3. The first kappa shape index (κ1) is 27.6. The Hall–Kier alpha value is -3.48. The Kier molecular flexibility index (Phi) is 8.34. The first-order chi connectivity index (χ1) is 18.2. The summed E-state index contributed by atoms with van der Waals surface area (Å²) in [4.78, 5) is 24.1. The van der Waals surface area contributed by atoms with Crippen molar-refractivity contribution in [3.05, 3.63) is 48.2 Å². The topological polar surface area (TPSA) is 97.2 Å². The van der Waals surface area contributed by atoms with Gasteiger partial charge in [-0.25, -0.2) is 14.6 Å². The van der Waals surface area contributed by atoms with Crippen LogP contribution in [0.15, 0.2) is 47.6 Å². The zero-order valence-corrected chi connectivity index (χ0v) is 22.2. The first-order valence-electron chi connectivity index (χ1n) is 12.3. The second-order valence-electron chi connectivity index (χ2n) is 8.83. The summed E-state index contributed by atoms with van der Waals surface area (Å²) < 4.78 is 49.2. The van der Waals surface area contributed by atoms with Crippen LogP contribution in [0.4, 0.5) is 24.8 Å². The van der Waals surface area contributed by atoms with Gasteiger partial charge in [-0.1, -0.05) is 6.07 Å². The van der Waals surface area contributed by atoms with E-state index < -0.39 is 11.6 Å². The number of ether oxygens (including phenoxy) is 1. The van der Waals surface area contributed by atoms with Gasteiger partial charge in [0.15, 0.2) is 5.82 Å². The van der Waals surface area contributed by atoms with Crippen molar-refractivity contribution >= 4 is 29.5 Å². The molecular weight excluding hydrogens is 519 g/mol. The lowest BCUT2D eigenvalue weighted by atomic mass is 10.0. The number of nitrogens with one attached hydrogen (secondary N) is 2. The Morgan fingerprint density at radius 1 is 1.16 bits per heavy atom. The van der Waals surface area contributed by atoms with Crippen molar-refractivity contribution in [1.82, 2.24) is 24.5 Å². The predicted molar refractivity (Wildman–Crippen MR) is 140 cm³/mol. The molecule has 0 bridgehead atoms. The third-order valence-corrected chi connectivity index (χ3v) is 7.20. The van der Waals surface area contributed by atoms with Crippen molar-refractivity contribution in [2.75, 3.05) is 37.0 Å². The summed E-state index contributed by atoms with van der Waals surface area (Å²) in [6, 6.07) is 10.4. The molecule has 204 valence electrons.